The lowest BCUT2D eigenvalue weighted by atomic mass is 10.1. The summed E-state index contributed by atoms with van der Waals surface area (Å²) in [4.78, 5) is 57.6. The first-order valence-electron chi connectivity index (χ1n) is 8.51. The van der Waals surface area contributed by atoms with Crippen LogP contribution in [0.3, 0.4) is 0 Å². The quantitative estimate of drug-likeness (QED) is 0.425. The molecule has 1 aromatic rings. The standard InChI is InChI=1S/C18H19N5O4S/c1-9(24)12(19-2)7-28-8-14(25)10-4-5-13-11(6-10)20-15-16(23(13)3)21-18(27)22-17(15)26/h4-6,12,19H,7-8H2,1-3H3,(H,22,26,27). The number of carbonyl (C=O) groups excluding carboxylic acids is 2. The van der Waals surface area contributed by atoms with Crippen LogP contribution < -0.4 is 16.6 Å². The molecule has 0 radical (unpaired) electrons. The zero-order chi connectivity index (χ0) is 20.4. The van der Waals surface area contributed by atoms with Gasteiger partial charge in [-0.1, -0.05) is 0 Å². The van der Waals surface area contributed by atoms with E-state index in [-0.39, 0.29) is 34.9 Å². The summed E-state index contributed by atoms with van der Waals surface area (Å²) < 4.78 is 1.60. The van der Waals surface area contributed by atoms with Gasteiger partial charge in [-0.25, -0.2) is 9.78 Å². The molecular formula is C18H19N5O4S. The van der Waals surface area contributed by atoms with Crippen LogP contribution in [0.2, 0.25) is 0 Å². The Morgan fingerprint density at radius 1 is 1.29 bits per heavy atom. The lowest BCUT2D eigenvalue weighted by molar-refractivity contribution is -0.118. The van der Waals surface area contributed by atoms with Crippen LogP contribution in [0.4, 0.5) is 0 Å². The van der Waals surface area contributed by atoms with Gasteiger partial charge < -0.3 is 9.88 Å². The summed E-state index contributed by atoms with van der Waals surface area (Å²) in [6.45, 7) is 1.51. The topological polar surface area (TPSA) is 127 Å². The minimum Gasteiger partial charge on any atom is -0.325 e. The molecule has 1 atom stereocenters. The molecule has 0 spiro atoms. The molecule has 28 heavy (non-hydrogen) atoms. The van der Waals surface area contributed by atoms with Crippen LogP contribution in [0.5, 0.6) is 0 Å². The number of nitrogens with zero attached hydrogens (tertiary/aromatic N) is 3. The Hall–Kier alpha value is -2.85. The van der Waals surface area contributed by atoms with E-state index in [1.54, 1.807) is 36.9 Å². The number of hydrogen-bond donors (Lipinski definition) is 2. The molecule has 2 aliphatic heterocycles. The highest BCUT2D eigenvalue weighted by Gasteiger charge is 2.18. The molecule has 2 N–H and O–H groups in total. The van der Waals surface area contributed by atoms with Crippen LogP contribution in [0.1, 0.15) is 17.3 Å². The monoisotopic (exact) mass is 401 g/mol. The van der Waals surface area contributed by atoms with Gasteiger partial charge in [-0.15, -0.1) is 0 Å². The number of benzene rings is 1. The number of Topliss-reactive ketones (excluding diaryl/α,β-unsaturated/α-hetero) is 2. The van der Waals surface area contributed by atoms with E-state index in [4.69, 9.17) is 0 Å². The SMILES string of the molecule is CNC(CSCC(=O)c1ccc2c(c1)nc1c(=O)[nH]c(=O)nc-1n2C)C(C)=O. The van der Waals surface area contributed by atoms with Crippen molar-refractivity contribution in [3.63, 3.8) is 0 Å². The van der Waals surface area contributed by atoms with Gasteiger partial charge in [-0.3, -0.25) is 19.4 Å². The number of thioether (sulfide) groups is 1. The number of rotatable bonds is 7. The van der Waals surface area contributed by atoms with Crippen molar-refractivity contribution in [2.24, 2.45) is 7.05 Å². The second kappa shape index (κ2) is 8.03. The van der Waals surface area contributed by atoms with Gasteiger partial charge in [0.2, 0.25) is 0 Å². The number of hydrogen-bond acceptors (Lipinski definition) is 8. The Labute approximate surface area is 163 Å². The van der Waals surface area contributed by atoms with Gasteiger partial charge in [-0.2, -0.15) is 16.7 Å². The average Bonchev–Trinajstić information content (AvgIpc) is 2.65. The van der Waals surface area contributed by atoms with Gasteiger partial charge in [0.05, 0.1) is 22.8 Å². The van der Waals surface area contributed by atoms with E-state index in [2.05, 4.69) is 20.3 Å². The molecule has 0 saturated heterocycles. The first-order chi connectivity index (χ1) is 13.3. The predicted molar refractivity (Wildman–Crippen MR) is 107 cm³/mol. The highest BCUT2D eigenvalue weighted by Crippen LogP contribution is 2.21. The number of nitrogens with one attached hydrogen (secondary N) is 2. The highest BCUT2D eigenvalue weighted by atomic mass is 32.2. The summed E-state index contributed by atoms with van der Waals surface area (Å²) in [5, 5.41) is 2.92. The molecule has 9 nitrogen and oxygen atoms in total. The highest BCUT2D eigenvalue weighted by molar-refractivity contribution is 8.00. The lowest BCUT2D eigenvalue weighted by Gasteiger charge is -2.13. The molecule has 2 aliphatic rings. The lowest BCUT2D eigenvalue weighted by Crippen LogP contribution is -2.34. The van der Waals surface area contributed by atoms with Crippen LogP contribution in [-0.2, 0) is 11.8 Å². The Bertz CT molecular complexity index is 1150. The van der Waals surface area contributed by atoms with Gasteiger partial charge in [-0.05, 0) is 32.2 Å². The molecule has 0 aliphatic carbocycles. The normalized spacial score (nSPS) is 12.4. The molecule has 0 amide bonds. The number of H-pyrrole nitrogens is 1. The second-order valence-corrected chi connectivity index (χ2v) is 7.34. The maximum absolute atomic E-state index is 12.5. The summed E-state index contributed by atoms with van der Waals surface area (Å²) in [7, 11) is 3.38. The summed E-state index contributed by atoms with van der Waals surface area (Å²) >= 11 is 1.37. The van der Waals surface area contributed by atoms with Crippen LogP contribution in [0.25, 0.3) is 22.6 Å². The van der Waals surface area contributed by atoms with Crippen molar-refractivity contribution in [1.29, 1.82) is 0 Å². The van der Waals surface area contributed by atoms with Crippen LogP contribution in [0.15, 0.2) is 27.8 Å². The predicted octanol–water partition coefficient (Wildman–Crippen LogP) is 0.214. The third-order valence-electron chi connectivity index (χ3n) is 4.42. The summed E-state index contributed by atoms with van der Waals surface area (Å²) in [6, 6.07) is 4.71. The van der Waals surface area contributed by atoms with E-state index in [9.17, 15) is 19.2 Å². The number of ketones is 2. The molecule has 0 aromatic heterocycles. The first-order valence-corrected chi connectivity index (χ1v) is 9.66. The number of carbonyl (C=O) groups is 2. The number of fused-ring (bicyclic) bond motifs is 2. The largest absolute Gasteiger partial charge is 0.349 e. The Morgan fingerprint density at radius 2 is 2.04 bits per heavy atom. The summed E-state index contributed by atoms with van der Waals surface area (Å²) in [6.07, 6.45) is 0. The molecule has 0 fully saturated rings. The zero-order valence-corrected chi connectivity index (χ0v) is 16.4. The number of aromatic amines is 1. The maximum Gasteiger partial charge on any atom is 0.349 e. The zero-order valence-electron chi connectivity index (χ0n) is 15.6. The van der Waals surface area contributed by atoms with E-state index in [0.717, 1.165) is 0 Å². The molecule has 146 valence electrons. The average molecular weight is 401 g/mol. The molecule has 1 unspecified atom stereocenters. The van der Waals surface area contributed by atoms with Gasteiger partial charge >= 0.3 is 5.69 Å². The van der Waals surface area contributed by atoms with Crippen molar-refractivity contribution in [2.45, 2.75) is 13.0 Å². The van der Waals surface area contributed by atoms with Crippen LogP contribution in [0, 0.1) is 0 Å². The van der Waals surface area contributed by atoms with Crippen LogP contribution >= 0.6 is 11.8 Å². The Kier molecular flexibility index (Phi) is 5.71. The molecule has 0 saturated carbocycles. The van der Waals surface area contributed by atoms with E-state index in [0.29, 0.717) is 22.3 Å². The minimum atomic E-state index is -0.733. The van der Waals surface area contributed by atoms with E-state index in [1.807, 2.05) is 0 Å². The van der Waals surface area contributed by atoms with Gasteiger partial charge in [0.1, 0.15) is 5.78 Å². The smallest absolute Gasteiger partial charge is 0.325 e. The molecule has 2 heterocycles. The van der Waals surface area contributed by atoms with E-state index in [1.165, 1.54) is 18.7 Å². The molecule has 3 rings (SSSR count). The van der Waals surface area contributed by atoms with Gasteiger partial charge in [0, 0.05) is 18.4 Å². The molecule has 0 bridgehead atoms. The molecular weight excluding hydrogens is 382 g/mol. The van der Waals surface area contributed by atoms with E-state index >= 15 is 0 Å². The van der Waals surface area contributed by atoms with Crippen molar-refractivity contribution in [3.05, 3.63) is 44.6 Å². The maximum atomic E-state index is 12.5. The number of likely N-dealkylation sites (N-methyl/N-ethyl adjacent to an activating group) is 1. The number of aromatic nitrogens is 4. The third kappa shape index (κ3) is 3.87. The van der Waals surface area contributed by atoms with E-state index < -0.39 is 11.2 Å². The summed E-state index contributed by atoms with van der Waals surface area (Å²) in [5.41, 5.74) is 0.229. The van der Waals surface area contributed by atoms with Crippen LogP contribution in [-0.4, -0.2) is 55.7 Å². The fourth-order valence-electron chi connectivity index (χ4n) is 2.83. The minimum absolute atomic E-state index is 0.0248. The van der Waals surface area contributed by atoms with Crippen molar-refractivity contribution >= 4 is 34.4 Å². The van der Waals surface area contributed by atoms with Gasteiger partial charge in [0.15, 0.2) is 17.3 Å². The molecule has 1 aromatic carbocycles. The fourth-order valence-corrected chi connectivity index (χ4v) is 3.94. The first kappa shape index (κ1) is 19.9. The van der Waals surface area contributed by atoms with Crippen molar-refractivity contribution in [1.82, 2.24) is 24.8 Å². The van der Waals surface area contributed by atoms with Crippen molar-refractivity contribution in [2.75, 3.05) is 18.6 Å². The Balaban J connectivity index is 1.90. The van der Waals surface area contributed by atoms with Crippen molar-refractivity contribution in [3.8, 4) is 11.5 Å². The fraction of sp³-hybridized carbons (Fsp3) is 0.333. The molecule has 10 heteroatoms. The Morgan fingerprint density at radius 3 is 2.71 bits per heavy atom. The van der Waals surface area contributed by atoms with Gasteiger partial charge in [0.25, 0.3) is 5.56 Å². The second-order valence-electron chi connectivity index (χ2n) is 6.31. The third-order valence-corrected chi connectivity index (χ3v) is 5.46. The number of aryl methyl sites for hydroxylation is 1. The van der Waals surface area contributed by atoms with Crippen molar-refractivity contribution < 1.29 is 9.59 Å². The summed E-state index contributed by atoms with van der Waals surface area (Å²) in [5.74, 6) is 0.826.